The number of para-hydroxylation sites is 1. The molecule has 0 unspecified atom stereocenters. The smallest absolute Gasteiger partial charge is 0.248 e. The molecule has 12 aromatic rings. The van der Waals surface area contributed by atoms with Gasteiger partial charge in [0.2, 0.25) is 47.3 Å². The molecule has 0 saturated carbocycles. The lowest BCUT2D eigenvalue weighted by atomic mass is 9.97. The van der Waals surface area contributed by atoms with Crippen LogP contribution in [0.5, 0.6) is 57.5 Å². The Labute approximate surface area is 765 Å². The van der Waals surface area contributed by atoms with E-state index in [1.165, 1.54) is 7.11 Å². The van der Waals surface area contributed by atoms with Gasteiger partial charge in [0, 0.05) is 186 Å². The Hall–Kier alpha value is -14.6. The van der Waals surface area contributed by atoms with Crippen molar-refractivity contribution in [2.45, 2.75) is 49.4 Å². The first-order valence-electron chi connectivity index (χ1n) is 39.4. The fraction of sp³-hybridized carbons (Fsp3) is 0.144. The second kappa shape index (κ2) is 41.0. The minimum atomic E-state index is -0.559. The number of rotatable bonds is 22. The highest BCUT2D eigenvalue weighted by Gasteiger charge is 2.39. The first-order chi connectivity index (χ1) is 61.5. The van der Waals surface area contributed by atoms with E-state index in [4.69, 9.17) is 121 Å². The minimum absolute atomic E-state index is 0.0334. The highest BCUT2D eigenvalue weighted by molar-refractivity contribution is 6.33. The minimum Gasteiger partial charge on any atom is -0.497 e. The van der Waals surface area contributed by atoms with Gasteiger partial charge in [0.05, 0.1) is 35.9 Å². The van der Waals surface area contributed by atoms with E-state index in [-0.39, 0.29) is 77.9 Å². The molecule has 16 rings (SSSR count). The quantitative estimate of drug-likeness (QED) is 0.0489. The van der Waals surface area contributed by atoms with Gasteiger partial charge in [0.25, 0.3) is 0 Å². The number of benzene rings is 12. The lowest BCUT2D eigenvalue weighted by molar-refractivity contribution is -0.118. The third kappa shape index (κ3) is 21.8. The largest absolute Gasteiger partial charge is 0.497 e. The Morgan fingerprint density at radius 1 is 0.312 bits per heavy atom. The van der Waals surface area contributed by atoms with E-state index in [0.717, 1.165) is 22.3 Å². The maximum atomic E-state index is 12.8. The highest BCUT2D eigenvalue weighted by Crippen LogP contribution is 2.47. The van der Waals surface area contributed by atoms with Gasteiger partial charge in [-0.3, -0.25) is 38.4 Å². The zero-order chi connectivity index (χ0) is 91.1. The van der Waals surface area contributed by atoms with Crippen LogP contribution in [0.25, 0.3) is 0 Å². The fourth-order valence-electron chi connectivity index (χ4n) is 15.0. The van der Waals surface area contributed by atoms with Crippen LogP contribution in [0.2, 0.25) is 30.1 Å². The molecule has 31 heteroatoms. The summed E-state index contributed by atoms with van der Waals surface area (Å²) in [6, 6.07) is 75.9. The van der Waals surface area contributed by atoms with Crippen LogP contribution in [-0.4, -0.2) is 87.7 Å². The molecular formula is C97H75Cl6N11O14. The molecule has 4 aliphatic heterocycles. The number of carbonyl (C=O) groups is 8. The predicted octanol–water partition coefficient (Wildman–Crippen LogP) is 19.9. The lowest BCUT2D eigenvalue weighted by Crippen LogP contribution is -2.24. The van der Waals surface area contributed by atoms with E-state index in [2.05, 4.69) is 18.2 Å². The SMILES string of the molecule is COc1ccc(C#N)c(Oc2cc(Cl)ccc2[C@H]2CC(=O)N(c3cccc(C(N)=O)c3)C2)c1.COc1cccc(Oc2cc(Cl)ccc2[C@H]2CC(=O)N(c3cccc(C(N)=O)c3)C2)c1.N#Cc1ccc(Cl)cc1Oc1cc(Cl)ccc1[C@H]1CC(=O)N(c2cccc(C(N)=O)c2)C1.N#Cc1cccc(Cl)c1Oc1cc(Cl)ccc1[C@H]1CC(=O)N(c2cccc(C(N)=O)c2)C1. The first-order valence-corrected chi connectivity index (χ1v) is 41.6. The van der Waals surface area contributed by atoms with Gasteiger partial charge in [0.15, 0.2) is 5.75 Å². The van der Waals surface area contributed by atoms with Gasteiger partial charge in [0.1, 0.15) is 70.0 Å². The van der Waals surface area contributed by atoms with Gasteiger partial charge in [-0.15, -0.1) is 0 Å². The second-order valence-corrected chi connectivity index (χ2v) is 32.1. The summed E-state index contributed by atoms with van der Waals surface area (Å²) in [6.45, 7) is 1.62. The van der Waals surface area contributed by atoms with Crippen molar-refractivity contribution in [1.29, 1.82) is 15.8 Å². The zero-order valence-corrected chi connectivity index (χ0v) is 72.6. The molecule has 12 aromatic carbocycles. The van der Waals surface area contributed by atoms with Gasteiger partial charge in [-0.25, -0.2) is 0 Å². The van der Waals surface area contributed by atoms with Crippen molar-refractivity contribution in [1.82, 2.24) is 0 Å². The third-order valence-electron chi connectivity index (χ3n) is 21.3. The van der Waals surface area contributed by atoms with Crippen LogP contribution in [-0.2, 0) is 19.2 Å². The standard InChI is InChI=1S/C25H20ClN3O4.2C24H17Cl2N3O3.C24H21ClN2O4/c1-32-20-7-5-16(13-27)22(12-20)33-23-11-18(26)6-8-21(23)17-10-24(30)29(14-17)19-4-2-3-15(9-19)25(28)31;25-17-7-8-19(21(11-17)32-23-15(12-27)4-2-6-20(23)26)16-10-22(30)29(13-16)18-5-1-3-14(9-18)24(28)31;25-17-5-4-15(12-27)21(10-17)32-22-11-18(26)6-7-20(22)16-9-23(30)29(13-16)19-3-1-2-14(8-19)24(28)31;1-30-19-6-3-7-20(13-19)31-22-12-17(25)8-9-21(22)16-11-23(28)27(14-16)18-5-2-4-15(10-18)24(26)29/h2-9,11-12,17H,10,14H2,1H3,(H2,28,31);1-9,11,16H,10,13H2,(H2,28,31);1-8,10-11,16H,9,13H2,(H2,28,31);2-10,12-13,16H,11,14H2,1H3,(H2,26,29)/t17-;3*16-/m0000/s1. The summed E-state index contributed by atoms with van der Waals surface area (Å²) in [5, 5.41) is 30.9. The Morgan fingerprint density at radius 3 is 0.945 bits per heavy atom. The number of primary amides is 4. The number of nitriles is 3. The number of hydrogen-bond donors (Lipinski definition) is 4. The second-order valence-electron chi connectivity index (χ2n) is 29.6. The van der Waals surface area contributed by atoms with Crippen LogP contribution < -0.4 is 71.0 Å². The summed E-state index contributed by atoms with van der Waals surface area (Å²) in [5.41, 5.74) is 29.5. The number of halogens is 6. The number of methoxy groups -OCH3 is 2. The molecule has 8 N–H and O–H groups in total. The molecule has 0 aliphatic carbocycles. The van der Waals surface area contributed by atoms with Crippen LogP contribution in [0.3, 0.4) is 0 Å². The molecule has 25 nitrogen and oxygen atoms in total. The Morgan fingerprint density at radius 2 is 0.602 bits per heavy atom. The summed E-state index contributed by atoms with van der Waals surface area (Å²) in [4.78, 5) is 104. The van der Waals surface area contributed by atoms with Gasteiger partial charge in [-0.1, -0.05) is 130 Å². The van der Waals surface area contributed by atoms with Crippen molar-refractivity contribution >= 4 is 140 Å². The van der Waals surface area contributed by atoms with E-state index in [0.29, 0.717) is 171 Å². The molecule has 8 amide bonds. The summed E-state index contributed by atoms with van der Waals surface area (Å²) >= 11 is 37.2. The van der Waals surface area contributed by atoms with Crippen LogP contribution in [0.15, 0.2) is 249 Å². The predicted molar refractivity (Wildman–Crippen MR) is 488 cm³/mol. The van der Waals surface area contributed by atoms with Crippen LogP contribution in [0.1, 0.15) is 130 Å². The molecule has 4 atom stereocenters. The summed E-state index contributed by atoms with van der Waals surface area (Å²) in [7, 11) is 3.12. The molecule has 4 aliphatic rings. The van der Waals surface area contributed by atoms with Gasteiger partial charge in [-0.05, 0) is 170 Å². The van der Waals surface area contributed by atoms with Crippen molar-refractivity contribution in [3.8, 4) is 75.7 Å². The first kappa shape index (κ1) is 91.1. The molecule has 4 saturated heterocycles. The molecular weight excluding hydrogens is 1760 g/mol. The van der Waals surface area contributed by atoms with Crippen molar-refractivity contribution in [3.63, 3.8) is 0 Å². The number of nitrogens with two attached hydrogens (primary N) is 4. The van der Waals surface area contributed by atoms with Crippen LogP contribution in [0.4, 0.5) is 22.7 Å². The van der Waals surface area contributed by atoms with E-state index >= 15 is 0 Å². The van der Waals surface area contributed by atoms with Crippen molar-refractivity contribution in [3.05, 3.63) is 340 Å². The van der Waals surface area contributed by atoms with Crippen molar-refractivity contribution in [2.75, 3.05) is 60.0 Å². The van der Waals surface area contributed by atoms with Gasteiger partial charge >= 0.3 is 0 Å². The number of nitrogens with zero attached hydrogens (tertiary/aromatic N) is 7. The summed E-state index contributed by atoms with van der Waals surface area (Å²) in [6.07, 6.45) is 1.06. The zero-order valence-electron chi connectivity index (χ0n) is 68.1. The number of ether oxygens (including phenoxy) is 6. The molecule has 4 fully saturated rings. The molecule has 644 valence electrons. The molecule has 4 heterocycles. The lowest BCUT2D eigenvalue weighted by Gasteiger charge is -2.19. The Balaban J connectivity index is 0.000000146. The average Bonchev–Trinajstić information content (AvgIpc) is 1.66. The Bertz CT molecular complexity index is 6520. The third-order valence-corrected chi connectivity index (χ3v) is 22.8. The molecule has 0 aromatic heterocycles. The molecule has 0 spiro atoms. The number of amides is 8. The molecule has 0 radical (unpaired) electrons. The van der Waals surface area contributed by atoms with Crippen LogP contribution >= 0.6 is 69.6 Å². The number of carbonyl (C=O) groups excluding carboxylic acids is 8. The average molecular weight is 1830 g/mol. The van der Waals surface area contributed by atoms with E-state index in [1.807, 2.05) is 42.5 Å². The molecule has 128 heavy (non-hydrogen) atoms. The van der Waals surface area contributed by atoms with Crippen molar-refractivity contribution in [2.24, 2.45) is 22.9 Å². The topological polar surface area (TPSA) is 380 Å². The van der Waals surface area contributed by atoms with E-state index in [9.17, 15) is 54.1 Å². The fourth-order valence-corrected chi connectivity index (χ4v) is 16.0. The number of hydrogen-bond acceptors (Lipinski definition) is 17. The maximum Gasteiger partial charge on any atom is 0.248 e. The Kier molecular flexibility index (Phi) is 29.2. The highest BCUT2D eigenvalue weighted by atomic mass is 35.5. The maximum absolute atomic E-state index is 12.8. The normalized spacial score (nSPS) is 15.5. The summed E-state index contributed by atoms with van der Waals surface area (Å²) in [5.74, 6) is 1.47. The summed E-state index contributed by atoms with van der Waals surface area (Å²) < 4.78 is 34.8. The van der Waals surface area contributed by atoms with E-state index in [1.54, 1.807) is 233 Å². The van der Waals surface area contributed by atoms with E-state index < -0.39 is 23.6 Å². The van der Waals surface area contributed by atoms with Crippen molar-refractivity contribution < 1.29 is 66.8 Å². The number of anilines is 4. The monoisotopic (exact) mass is 1830 g/mol. The van der Waals surface area contributed by atoms with Gasteiger partial charge in [-0.2, -0.15) is 15.8 Å². The van der Waals surface area contributed by atoms with Gasteiger partial charge < -0.3 is 71.0 Å². The molecule has 0 bridgehead atoms. The van der Waals surface area contributed by atoms with Crippen LogP contribution in [0, 0.1) is 34.0 Å².